The first-order valence-corrected chi connectivity index (χ1v) is 12.5. The van der Waals surface area contributed by atoms with Crippen molar-refractivity contribution >= 4 is 23.3 Å². The molecule has 0 saturated carbocycles. The number of para-hydroxylation sites is 1. The quantitative estimate of drug-likeness (QED) is 0.556. The smallest absolute Gasteiger partial charge is 0.302 e. The van der Waals surface area contributed by atoms with Gasteiger partial charge in [-0.2, -0.15) is 0 Å². The summed E-state index contributed by atoms with van der Waals surface area (Å²) in [5.41, 5.74) is 7.21. The molecule has 8 heteroatoms. The first-order chi connectivity index (χ1) is 17.4. The average molecular weight is 505 g/mol. The number of rotatable bonds is 7. The van der Waals surface area contributed by atoms with Gasteiger partial charge in [-0.05, 0) is 47.6 Å². The van der Waals surface area contributed by atoms with Crippen molar-refractivity contribution in [2.24, 2.45) is 17.1 Å². The fourth-order valence-corrected chi connectivity index (χ4v) is 5.56. The summed E-state index contributed by atoms with van der Waals surface area (Å²) >= 11 is 0. The number of carbonyl (C=O) groups excluding carboxylic acids is 3. The number of benzene rings is 2. The molecule has 1 saturated heterocycles. The van der Waals surface area contributed by atoms with Crippen LogP contribution in [0, 0.1) is 23.7 Å². The molecule has 3 N–H and O–H groups in total. The summed E-state index contributed by atoms with van der Waals surface area (Å²) in [5, 5.41) is 2.90. The number of Topliss-reactive ketones (excluding diaryl/α,β-unsaturated/α-hetero) is 1. The lowest BCUT2D eigenvalue weighted by molar-refractivity contribution is -0.139. The summed E-state index contributed by atoms with van der Waals surface area (Å²) in [6, 6.07) is 12.4. The summed E-state index contributed by atoms with van der Waals surface area (Å²) in [4.78, 5) is 45.4. The molecule has 0 bridgehead atoms. The zero-order valence-electron chi connectivity index (χ0n) is 21.5. The van der Waals surface area contributed by atoms with E-state index < -0.39 is 23.5 Å². The third-order valence-electron chi connectivity index (χ3n) is 7.33. The number of carbonyl (C=O) groups is 3. The van der Waals surface area contributed by atoms with Crippen molar-refractivity contribution in [1.29, 1.82) is 0 Å². The van der Waals surface area contributed by atoms with Gasteiger partial charge in [0.2, 0.25) is 11.8 Å². The van der Waals surface area contributed by atoms with Crippen LogP contribution in [0.4, 0.5) is 10.1 Å². The highest BCUT2D eigenvalue weighted by Gasteiger charge is 2.59. The van der Waals surface area contributed by atoms with Crippen LogP contribution in [-0.4, -0.2) is 41.2 Å². The molecule has 0 radical (unpaired) electrons. The number of nitrogens with zero attached hydrogens (tertiary/aromatic N) is 2. The number of anilines is 1. The Labute approximate surface area is 217 Å². The summed E-state index contributed by atoms with van der Waals surface area (Å²) in [6.45, 7) is 13.9. The third kappa shape index (κ3) is 5.42. The van der Waals surface area contributed by atoms with Gasteiger partial charge >= 0.3 is 6.17 Å². The zero-order chi connectivity index (χ0) is 27.0. The van der Waals surface area contributed by atoms with E-state index in [4.69, 9.17) is 12.3 Å². The van der Waals surface area contributed by atoms with E-state index in [1.807, 2.05) is 45.0 Å². The predicted octanol–water partition coefficient (Wildman–Crippen LogP) is 4.07. The summed E-state index contributed by atoms with van der Waals surface area (Å²) in [7, 11) is 0. The molecule has 2 aliphatic heterocycles. The van der Waals surface area contributed by atoms with E-state index in [0.29, 0.717) is 12.1 Å². The minimum atomic E-state index is -0.975. The number of nitrogens with one attached hydrogen (secondary N) is 1. The van der Waals surface area contributed by atoms with Crippen LogP contribution in [0.5, 0.6) is 0 Å². The Morgan fingerprint density at radius 1 is 1.22 bits per heavy atom. The van der Waals surface area contributed by atoms with Crippen molar-refractivity contribution < 1.29 is 18.8 Å². The van der Waals surface area contributed by atoms with Crippen LogP contribution in [0.3, 0.4) is 0 Å². The Kier molecular flexibility index (Phi) is 7.20. The van der Waals surface area contributed by atoms with E-state index >= 15 is 0 Å². The van der Waals surface area contributed by atoms with Gasteiger partial charge in [0.15, 0.2) is 5.78 Å². The molecule has 2 aromatic rings. The highest BCUT2D eigenvalue weighted by molar-refractivity contribution is 6.07. The molecule has 194 valence electrons. The number of ketones is 1. The maximum Gasteiger partial charge on any atom is 0.302 e. The van der Waals surface area contributed by atoms with E-state index in [1.165, 1.54) is 17.0 Å². The fourth-order valence-electron chi connectivity index (χ4n) is 5.56. The lowest BCUT2D eigenvalue weighted by Crippen LogP contribution is -2.44. The number of fused-ring (bicyclic) bond motifs is 2. The highest BCUT2D eigenvalue weighted by atomic mass is 19.1. The monoisotopic (exact) mass is 504 g/mol. The lowest BCUT2D eigenvalue weighted by atomic mass is 9.80. The number of hydrogen-bond donors (Lipinski definition) is 2. The molecule has 2 amide bonds. The molecule has 2 aliphatic rings. The first kappa shape index (κ1) is 26.5. The van der Waals surface area contributed by atoms with Gasteiger partial charge in [0.1, 0.15) is 11.2 Å². The zero-order valence-corrected chi connectivity index (χ0v) is 21.5. The molecular weight excluding hydrogens is 471 g/mol. The number of amides is 2. The Hall–Kier alpha value is -3.57. The molecule has 2 heterocycles. The average Bonchev–Trinajstić information content (AvgIpc) is 3.37. The molecular formula is C29H33FN4O3. The largest absolute Gasteiger partial charge is 0.325 e. The second-order valence-electron chi connectivity index (χ2n) is 11.4. The van der Waals surface area contributed by atoms with Crippen molar-refractivity contribution in [3.05, 3.63) is 76.9 Å². The van der Waals surface area contributed by atoms with Gasteiger partial charge in [-0.3, -0.25) is 24.1 Å². The minimum Gasteiger partial charge on any atom is -0.325 e. The molecule has 0 aliphatic carbocycles. The Bertz CT molecular complexity index is 1250. The predicted molar refractivity (Wildman–Crippen MR) is 139 cm³/mol. The van der Waals surface area contributed by atoms with Crippen LogP contribution in [0.15, 0.2) is 48.5 Å². The van der Waals surface area contributed by atoms with E-state index in [1.54, 1.807) is 12.1 Å². The highest BCUT2D eigenvalue weighted by Crippen LogP contribution is 2.47. The maximum atomic E-state index is 13.9. The lowest BCUT2D eigenvalue weighted by Gasteiger charge is -2.29. The molecule has 1 spiro atoms. The number of hydrogen-bond acceptors (Lipinski definition) is 4. The van der Waals surface area contributed by atoms with Gasteiger partial charge in [0, 0.05) is 24.6 Å². The summed E-state index contributed by atoms with van der Waals surface area (Å²) in [5.74, 6) is -1.81. The van der Waals surface area contributed by atoms with Crippen molar-refractivity contribution in [1.82, 2.24) is 4.90 Å². The molecule has 0 unspecified atom stereocenters. The summed E-state index contributed by atoms with van der Waals surface area (Å²) in [6.07, 6.45) is 0.0257. The van der Waals surface area contributed by atoms with Crippen LogP contribution in [0.2, 0.25) is 0 Å². The second-order valence-corrected chi connectivity index (χ2v) is 11.4. The number of likely N-dealkylation sites (tertiary alicyclic amines) is 1. The first-order valence-electron chi connectivity index (χ1n) is 12.5. The van der Waals surface area contributed by atoms with Gasteiger partial charge in [-0.1, -0.05) is 51.1 Å². The van der Waals surface area contributed by atoms with Crippen molar-refractivity contribution in [3.63, 3.8) is 0 Å². The van der Waals surface area contributed by atoms with Gasteiger partial charge in [-0.15, -0.1) is 0 Å². The van der Waals surface area contributed by atoms with E-state index in [9.17, 15) is 18.8 Å². The van der Waals surface area contributed by atoms with E-state index in [0.717, 1.165) is 11.1 Å². The van der Waals surface area contributed by atoms with Crippen LogP contribution >= 0.6 is 0 Å². The maximum absolute atomic E-state index is 13.9. The van der Waals surface area contributed by atoms with Gasteiger partial charge in [0.05, 0.1) is 12.5 Å². The molecule has 37 heavy (non-hydrogen) atoms. The normalized spacial score (nSPS) is 22.3. The number of halogens is 1. The van der Waals surface area contributed by atoms with Crippen molar-refractivity contribution in [2.75, 3.05) is 11.9 Å². The molecule has 2 aromatic carbocycles. The SMILES string of the molecule is [C-]#[N+][C@@H]1C[C@@]2(CN1C(=O)[C@@H](CC(=O)[C@@H](N)Cc1ccc(F)cc1)CC(C)(C)C)C(=O)Nc1ccccc12. The van der Waals surface area contributed by atoms with Gasteiger partial charge < -0.3 is 11.1 Å². The van der Waals surface area contributed by atoms with Crippen LogP contribution in [0.1, 0.15) is 51.2 Å². The van der Waals surface area contributed by atoms with Crippen LogP contribution in [0.25, 0.3) is 4.85 Å². The van der Waals surface area contributed by atoms with Crippen LogP contribution < -0.4 is 11.1 Å². The van der Waals surface area contributed by atoms with Gasteiger partial charge in [0.25, 0.3) is 0 Å². The minimum absolute atomic E-state index is 0.0601. The summed E-state index contributed by atoms with van der Waals surface area (Å²) < 4.78 is 13.2. The standard InChI is InChI=1S/C29H33FN4O3/c1-28(2,3)15-19(14-24(35)22(31)13-18-9-11-20(30)12-10-18)26(36)34-17-29(16-25(34)32-4)21-7-5-6-8-23(21)33-27(29)37/h5-12,19,22,25H,13-17,31H2,1-3H3,(H,33,37)/t19-,22-,25-,29-/m0/s1. The number of nitrogens with two attached hydrogens (primary N) is 1. The van der Waals surface area contributed by atoms with Crippen LogP contribution in [-0.2, 0) is 26.2 Å². The fraction of sp³-hybridized carbons (Fsp3) is 0.448. The molecule has 4 atom stereocenters. The van der Waals surface area contributed by atoms with Crippen molar-refractivity contribution in [2.45, 2.75) is 64.1 Å². The topological polar surface area (TPSA) is 96.9 Å². The Morgan fingerprint density at radius 2 is 1.89 bits per heavy atom. The molecule has 0 aromatic heterocycles. The van der Waals surface area contributed by atoms with Crippen molar-refractivity contribution in [3.8, 4) is 0 Å². The molecule has 1 fully saturated rings. The van der Waals surface area contributed by atoms with Gasteiger partial charge in [-0.25, -0.2) is 11.0 Å². The Balaban J connectivity index is 1.55. The molecule has 4 rings (SSSR count). The Morgan fingerprint density at radius 3 is 2.54 bits per heavy atom. The second kappa shape index (κ2) is 10.1. The third-order valence-corrected chi connectivity index (χ3v) is 7.33. The van der Waals surface area contributed by atoms with E-state index in [-0.39, 0.29) is 54.6 Å². The van der Waals surface area contributed by atoms with E-state index in [2.05, 4.69) is 10.2 Å². The molecule has 7 nitrogen and oxygen atoms in total.